The Morgan fingerprint density at radius 3 is 2.46 bits per heavy atom. The summed E-state index contributed by atoms with van der Waals surface area (Å²) in [5, 5.41) is 10.8. The summed E-state index contributed by atoms with van der Waals surface area (Å²) >= 11 is 7.31. The summed E-state index contributed by atoms with van der Waals surface area (Å²) in [6.45, 7) is 3.72. The van der Waals surface area contributed by atoms with Crippen LogP contribution >= 0.6 is 22.9 Å². The number of pyridine rings is 1. The second-order valence-electron chi connectivity index (χ2n) is 7.74. The van der Waals surface area contributed by atoms with Crippen molar-refractivity contribution in [2.24, 2.45) is 0 Å². The van der Waals surface area contributed by atoms with Gasteiger partial charge < -0.3 is 9.53 Å². The number of carbonyl (C=O) groups is 1. The molecule has 0 saturated heterocycles. The minimum absolute atomic E-state index is 0.0838. The number of ether oxygens (including phenoxy) is 1. The average Bonchev–Trinajstić information content (AvgIpc) is 3.29. The molecule has 0 saturated carbocycles. The lowest BCUT2D eigenvalue weighted by Crippen LogP contribution is -1.92. The van der Waals surface area contributed by atoms with Gasteiger partial charge in [-0.2, -0.15) is 0 Å². The Kier molecular flexibility index (Phi) is 9.28. The number of Topliss-reactive ketones (excluding diaryl/α,β-unsaturated/α-hetero) is 1. The Balaban J connectivity index is 0.000000429. The largest absolute Gasteiger partial charge is 0.453 e. The monoisotopic (exact) mass is 514 g/mol. The van der Waals surface area contributed by atoms with E-state index >= 15 is 0 Å². The van der Waals surface area contributed by atoms with Gasteiger partial charge in [-0.05, 0) is 36.6 Å². The fraction of sp³-hybridized carbons (Fsp3) is 0.231. The molecule has 0 N–H and O–H groups in total. The number of hydrogen-bond donors (Lipinski definition) is 0. The first-order valence-electron chi connectivity index (χ1n) is 11.0. The van der Waals surface area contributed by atoms with Gasteiger partial charge in [0.05, 0.1) is 21.2 Å². The number of hydrogen-bond acceptors (Lipinski definition) is 6. The van der Waals surface area contributed by atoms with E-state index in [2.05, 4.69) is 11.9 Å². The van der Waals surface area contributed by atoms with Crippen molar-refractivity contribution in [3.8, 4) is 21.9 Å². The molecule has 4 rings (SSSR count). The standard InChI is InChI=1S/C20H12ClFN2O3S.C6H12O/c21-11-12-1-3-13(4-2-12)19-10-16-20(28-19)18(7-8-23-16)27-17-6-5-14(24(25)26)9-15(17)22;1-3-4-5-6(2)7/h1-10H,11H2;3-5H2,1-2H3. The van der Waals surface area contributed by atoms with E-state index in [-0.39, 0.29) is 11.4 Å². The predicted octanol–water partition coefficient (Wildman–Crippen LogP) is 8.31. The quantitative estimate of drug-likeness (QED) is 0.134. The number of unbranched alkanes of at least 4 members (excludes halogenated alkanes) is 1. The van der Waals surface area contributed by atoms with Gasteiger partial charge in [0.25, 0.3) is 5.69 Å². The molecule has 0 atom stereocenters. The van der Waals surface area contributed by atoms with Gasteiger partial charge in [-0.25, -0.2) is 4.39 Å². The summed E-state index contributed by atoms with van der Waals surface area (Å²) in [7, 11) is 0. The van der Waals surface area contributed by atoms with Crippen molar-refractivity contribution in [3.63, 3.8) is 0 Å². The number of halogens is 2. The maximum Gasteiger partial charge on any atom is 0.272 e. The molecule has 0 unspecified atom stereocenters. The van der Waals surface area contributed by atoms with E-state index < -0.39 is 10.7 Å². The number of nitrogens with zero attached hydrogens (tertiary/aromatic N) is 2. The Morgan fingerprint density at radius 1 is 1.14 bits per heavy atom. The molecule has 0 aliphatic heterocycles. The van der Waals surface area contributed by atoms with Crippen molar-refractivity contribution < 1.29 is 18.8 Å². The maximum absolute atomic E-state index is 14.2. The van der Waals surface area contributed by atoms with Gasteiger partial charge in [0, 0.05) is 35.5 Å². The van der Waals surface area contributed by atoms with Gasteiger partial charge in [0.2, 0.25) is 0 Å². The number of non-ortho nitro benzene ring substituents is 1. The molecule has 0 aliphatic carbocycles. The van der Waals surface area contributed by atoms with Crippen LogP contribution in [0.25, 0.3) is 20.7 Å². The number of ketones is 1. The first-order chi connectivity index (χ1) is 16.8. The zero-order valence-electron chi connectivity index (χ0n) is 19.3. The summed E-state index contributed by atoms with van der Waals surface area (Å²) in [5.41, 5.74) is 2.44. The van der Waals surface area contributed by atoms with Crippen LogP contribution in [0.2, 0.25) is 0 Å². The molecule has 0 fully saturated rings. The molecule has 35 heavy (non-hydrogen) atoms. The minimum atomic E-state index is -0.799. The van der Waals surface area contributed by atoms with Crippen LogP contribution in [0.3, 0.4) is 0 Å². The molecule has 2 aromatic heterocycles. The fourth-order valence-corrected chi connectivity index (χ4v) is 4.37. The van der Waals surface area contributed by atoms with E-state index in [1.165, 1.54) is 23.5 Å². The number of thiophene rings is 1. The van der Waals surface area contributed by atoms with E-state index in [1.807, 2.05) is 30.3 Å². The molecular weight excluding hydrogens is 491 g/mol. The highest BCUT2D eigenvalue weighted by molar-refractivity contribution is 7.22. The van der Waals surface area contributed by atoms with Gasteiger partial charge in [0.15, 0.2) is 11.6 Å². The SMILES string of the molecule is CCCCC(C)=O.O=[N+]([O-])c1ccc(Oc2ccnc3cc(-c4ccc(CCl)cc4)sc23)c(F)c1. The molecule has 0 bridgehead atoms. The third-order valence-corrected chi connectivity index (χ3v) is 6.49. The molecule has 182 valence electrons. The van der Waals surface area contributed by atoms with Crippen molar-refractivity contribution in [2.45, 2.75) is 39.0 Å². The molecule has 4 aromatic rings. The number of benzene rings is 2. The Hall–Kier alpha value is -3.36. The van der Waals surface area contributed by atoms with Gasteiger partial charge >= 0.3 is 0 Å². The van der Waals surface area contributed by atoms with Crippen molar-refractivity contribution in [1.29, 1.82) is 0 Å². The number of fused-ring (bicyclic) bond motifs is 1. The predicted molar refractivity (Wildman–Crippen MR) is 138 cm³/mol. The summed E-state index contributed by atoms with van der Waals surface area (Å²) in [6.07, 6.45) is 4.51. The number of rotatable bonds is 8. The van der Waals surface area contributed by atoms with Crippen molar-refractivity contribution in [1.82, 2.24) is 4.98 Å². The molecule has 6 nitrogen and oxygen atoms in total. The van der Waals surface area contributed by atoms with Crippen molar-refractivity contribution in [3.05, 3.63) is 82.3 Å². The zero-order valence-corrected chi connectivity index (χ0v) is 20.9. The van der Waals surface area contributed by atoms with E-state index in [0.29, 0.717) is 17.4 Å². The fourth-order valence-electron chi connectivity index (χ4n) is 3.13. The Labute approximate surface area is 211 Å². The molecule has 0 spiro atoms. The molecule has 9 heteroatoms. The number of nitro benzene ring substituents is 1. The topological polar surface area (TPSA) is 82.3 Å². The van der Waals surface area contributed by atoms with Crippen LogP contribution < -0.4 is 4.74 Å². The lowest BCUT2D eigenvalue weighted by atomic mass is 10.1. The van der Waals surface area contributed by atoms with E-state index in [1.54, 1.807) is 19.2 Å². The summed E-state index contributed by atoms with van der Waals surface area (Å²) in [4.78, 5) is 25.6. The molecule has 0 aliphatic rings. The highest BCUT2D eigenvalue weighted by Crippen LogP contribution is 2.39. The highest BCUT2D eigenvalue weighted by Gasteiger charge is 2.15. The first kappa shape index (κ1) is 26.2. The number of nitro groups is 1. The van der Waals surface area contributed by atoms with Crippen LogP contribution in [0.15, 0.2) is 60.8 Å². The van der Waals surface area contributed by atoms with Crippen LogP contribution in [0.1, 0.15) is 38.7 Å². The van der Waals surface area contributed by atoms with E-state index in [9.17, 15) is 19.3 Å². The van der Waals surface area contributed by atoms with Crippen LogP contribution in [0.4, 0.5) is 10.1 Å². The molecular formula is C26H24ClFN2O4S. The molecule has 2 heterocycles. The van der Waals surface area contributed by atoms with Crippen molar-refractivity contribution >= 4 is 44.6 Å². The minimum Gasteiger partial charge on any atom is -0.453 e. The summed E-state index contributed by atoms with van der Waals surface area (Å²) in [5.74, 6) is 0.313. The smallest absolute Gasteiger partial charge is 0.272 e. The van der Waals surface area contributed by atoms with E-state index in [0.717, 1.165) is 51.5 Å². The second-order valence-corrected chi connectivity index (χ2v) is 9.06. The summed E-state index contributed by atoms with van der Waals surface area (Å²) < 4.78 is 20.6. The van der Waals surface area contributed by atoms with Crippen LogP contribution in [-0.2, 0) is 10.7 Å². The maximum atomic E-state index is 14.2. The third kappa shape index (κ3) is 7.07. The molecule has 2 aromatic carbocycles. The zero-order chi connectivity index (χ0) is 25.4. The van der Waals surface area contributed by atoms with Gasteiger partial charge in [-0.1, -0.05) is 37.6 Å². The summed E-state index contributed by atoms with van der Waals surface area (Å²) in [6, 6.07) is 14.8. The van der Waals surface area contributed by atoms with Crippen LogP contribution in [0.5, 0.6) is 11.5 Å². The number of carbonyl (C=O) groups excluding carboxylic acids is 1. The van der Waals surface area contributed by atoms with Crippen molar-refractivity contribution in [2.75, 3.05) is 0 Å². The lowest BCUT2D eigenvalue weighted by molar-refractivity contribution is -0.385. The number of aromatic nitrogens is 1. The van der Waals surface area contributed by atoms with Gasteiger partial charge in [-0.3, -0.25) is 15.1 Å². The third-order valence-electron chi connectivity index (χ3n) is 5.00. The van der Waals surface area contributed by atoms with E-state index in [4.69, 9.17) is 16.3 Å². The highest BCUT2D eigenvalue weighted by atomic mass is 35.5. The number of alkyl halides is 1. The second kappa shape index (κ2) is 12.4. The molecule has 0 radical (unpaired) electrons. The molecule has 0 amide bonds. The van der Waals surface area contributed by atoms with Gasteiger partial charge in [-0.15, -0.1) is 22.9 Å². The van der Waals surface area contributed by atoms with Crippen LogP contribution in [0, 0.1) is 15.9 Å². The first-order valence-corrected chi connectivity index (χ1v) is 12.3. The average molecular weight is 515 g/mol. The normalized spacial score (nSPS) is 10.5. The Bertz CT molecular complexity index is 1320. The lowest BCUT2D eigenvalue weighted by Gasteiger charge is -2.07. The van der Waals surface area contributed by atoms with Crippen LogP contribution in [-0.4, -0.2) is 15.7 Å². The van der Waals surface area contributed by atoms with Gasteiger partial charge in [0.1, 0.15) is 11.5 Å². The Morgan fingerprint density at radius 2 is 1.89 bits per heavy atom.